The highest BCUT2D eigenvalue weighted by Crippen LogP contribution is 2.25. The first-order valence-corrected chi connectivity index (χ1v) is 7.46. The summed E-state index contributed by atoms with van der Waals surface area (Å²) in [6.45, 7) is 5.89. The summed E-state index contributed by atoms with van der Waals surface area (Å²) in [5, 5.41) is 10.1. The van der Waals surface area contributed by atoms with Crippen molar-refractivity contribution < 1.29 is 14.6 Å². The Balaban J connectivity index is 2.22. The molecule has 0 saturated carbocycles. The first kappa shape index (κ1) is 16.4. The molecule has 0 amide bonds. The van der Waals surface area contributed by atoms with Gasteiger partial charge in [0.2, 0.25) is 0 Å². The molecule has 2 aromatic carbocycles. The molecule has 1 N–H and O–H groups in total. The van der Waals surface area contributed by atoms with Crippen molar-refractivity contribution in [2.75, 3.05) is 0 Å². The Labute approximate surface area is 135 Å². The molecule has 2 rings (SSSR count). The molecule has 0 bridgehead atoms. The van der Waals surface area contributed by atoms with E-state index >= 15 is 0 Å². The minimum atomic E-state index is -0.978. The van der Waals surface area contributed by atoms with Crippen molar-refractivity contribution in [3.05, 3.63) is 63.7 Å². The van der Waals surface area contributed by atoms with E-state index in [4.69, 9.17) is 16.3 Å². The summed E-state index contributed by atoms with van der Waals surface area (Å²) in [4.78, 5) is 11.5. The molecule has 0 radical (unpaired) electrons. The van der Waals surface area contributed by atoms with Crippen LogP contribution in [0.5, 0.6) is 5.75 Å². The molecule has 0 heterocycles. The zero-order valence-electron chi connectivity index (χ0n) is 12.9. The topological polar surface area (TPSA) is 46.5 Å². The smallest absolute Gasteiger partial charge is 0.345 e. The van der Waals surface area contributed by atoms with Gasteiger partial charge in [0, 0.05) is 11.4 Å². The number of ether oxygens (including phenoxy) is 1. The molecule has 0 fully saturated rings. The number of benzene rings is 2. The summed E-state index contributed by atoms with van der Waals surface area (Å²) in [5.41, 5.74) is 3.98. The van der Waals surface area contributed by atoms with Crippen LogP contribution in [0.3, 0.4) is 0 Å². The summed E-state index contributed by atoms with van der Waals surface area (Å²) < 4.78 is 5.77. The van der Waals surface area contributed by atoms with Gasteiger partial charge in [-0.1, -0.05) is 29.8 Å². The second-order valence-electron chi connectivity index (χ2n) is 5.48. The Morgan fingerprint density at radius 3 is 2.41 bits per heavy atom. The molecule has 0 aliphatic heterocycles. The van der Waals surface area contributed by atoms with Crippen LogP contribution in [0.4, 0.5) is 0 Å². The first-order chi connectivity index (χ1) is 10.4. The summed E-state index contributed by atoms with van der Waals surface area (Å²) in [5.74, 6) is -0.354. The third-order valence-electron chi connectivity index (χ3n) is 3.64. The maximum Gasteiger partial charge on any atom is 0.345 e. The van der Waals surface area contributed by atoms with E-state index in [0.717, 1.165) is 22.3 Å². The highest BCUT2D eigenvalue weighted by atomic mass is 35.5. The monoisotopic (exact) mass is 318 g/mol. The normalized spacial score (nSPS) is 12.0. The zero-order chi connectivity index (χ0) is 16.3. The van der Waals surface area contributed by atoms with Crippen molar-refractivity contribution in [2.24, 2.45) is 0 Å². The van der Waals surface area contributed by atoms with Crippen LogP contribution in [0.15, 0.2) is 36.4 Å². The molecule has 0 spiro atoms. The maximum atomic E-state index is 11.5. The molecule has 22 heavy (non-hydrogen) atoms. The van der Waals surface area contributed by atoms with Crippen LogP contribution in [-0.2, 0) is 11.2 Å². The fraction of sp³-hybridized carbons (Fsp3) is 0.278. The van der Waals surface area contributed by atoms with Gasteiger partial charge in [-0.25, -0.2) is 4.79 Å². The number of aliphatic carboxylic acids is 1. The molecule has 0 aliphatic rings. The number of aryl methyl sites for hydroxylation is 2. The molecule has 3 nitrogen and oxygen atoms in total. The Morgan fingerprint density at radius 1 is 1.18 bits per heavy atom. The summed E-state index contributed by atoms with van der Waals surface area (Å²) in [6, 6.07) is 11.1. The van der Waals surface area contributed by atoms with Crippen molar-refractivity contribution in [3.8, 4) is 5.75 Å². The lowest BCUT2D eigenvalue weighted by Crippen LogP contribution is -2.29. The third-order valence-corrected chi connectivity index (χ3v) is 3.90. The van der Waals surface area contributed by atoms with Crippen LogP contribution in [0, 0.1) is 20.8 Å². The number of hydrogen-bond acceptors (Lipinski definition) is 2. The van der Waals surface area contributed by atoms with Crippen molar-refractivity contribution >= 4 is 17.6 Å². The molecule has 4 heteroatoms. The number of hydrogen-bond donors (Lipinski definition) is 1. The lowest BCUT2D eigenvalue weighted by molar-refractivity contribution is -0.145. The second-order valence-corrected chi connectivity index (χ2v) is 5.92. The Kier molecular flexibility index (Phi) is 5.09. The lowest BCUT2D eigenvalue weighted by atomic mass is 10.0. The minimum Gasteiger partial charge on any atom is -0.478 e. The van der Waals surface area contributed by atoms with Gasteiger partial charge in [0.05, 0.1) is 0 Å². The third kappa shape index (κ3) is 4.01. The van der Waals surface area contributed by atoms with Crippen LogP contribution in [0.2, 0.25) is 5.02 Å². The molecule has 0 unspecified atom stereocenters. The molecule has 0 saturated heterocycles. The molecule has 1 atom stereocenters. The maximum absolute atomic E-state index is 11.5. The van der Waals surface area contributed by atoms with E-state index < -0.39 is 12.1 Å². The van der Waals surface area contributed by atoms with Crippen molar-refractivity contribution in [1.29, 1.82) is 0 Å². The number of halogens is 1. The van der Waals surface area contributed by atoms with E-state index in [-0.39, 0.29) is 0 Å². The molecular weight excluding hydrogens is 300 g/mol. The largest absolute Gasteiger partial charge is 0.478 e. The number of carbonyl (C=O) groups is 1. The van der Waals surface area contributed by atoms with Gasteiger partial charge in [-0.3, -0.25) is 0 Å². The van der Waals surface area contributed by atoms with Gasteiger partial charge >= 0.3 is 5.97 Å². The van der Waals surface area contributed by atoms with Gasteiger partial charge in [-0.15, -0.1) is 0 Å². The lowest BCUT2D eigenvalue weighted by Gasteiger charge is -2.18. The minimum absolute atomic E-state index is 0.291. The van der Waals surface area contributed by atoms with Gasteiger partial charge in [0.25, 0.3) is 0 Å². The van der Waals surface area contributed by atoms with E-state index in [0.29, 0.717) is 17.2 Å². The summed E-state index contributed by atoms with van der Waals surface area (Å²) in [7, 11) is 0. The van der Waals surface area contributed by atoms with E-state index in [1.165, 1.54) is 0 Å². The quantitative estimate of drug-likeness (QED) is 0.892. The predicted octanol–water partition coefficient (Wildman–Crippen LogP) is 4.34. The van der Waals surface area contributed by atoms with E-state index in [1.807, 2.05) is 39.0 Å². The van der Waals surface area contributed by atoms with Crippen molar-refractivity contribution in [1.82, 2.24) is 0 Å². The average molecular weight is 319 g/mol. The van der Waals surface area contributed by atoms with Gasteiger partial charge in [-0.2, -0.15) is 0 Å². The Morgan fingerprint density at radius 2 is 1.82 bits per heavy atom. The number of carboxylic acid groups (broad SMARTS) is 1. The Hall–Kier alpha value is -2.00. The van der Waals surface area contributed by atoms with E-state index in [9.17, 15) is 9.90 Å². The fourth-order valence-electron chi connectivity index (χ4n) is 2.29. The van der Waals surface area contributed by atoms with Gasteiger partial charge in [0.1, 0.15) is 5.75 Å². The molecular formula is C18H19ClO3. The van der Waals surface area contributed by atoms with Gasteiger partial charge in [0.15, 0.2) is 6.10 Å². The average Bonchev–Trinajstić information content (AvgIpc) is 2.45. The molecule has 2 aromatic rings. The van der Waals surface area contributed by atoms with Crippen LogP contribution in [0.1, 0.15) is 22.3 Å². The molecule has 0 aliphatic carbocycles. The van der Waals surface area contributed by atoms with E-state index in [2.05, 4.69) is 6.07 Å². The highest BCUT2D eigenvalue weighted by Gasteiger charge is 2.21. The van der Waals surface area contributed by atoms with Crippen LogP contribution >= 0.6 is 11.6 Å². The van der Waals surface area contributed by atoms with Crippen molar-refractivity contribution in [2.45, 2.75) is 33.3 Å². The SMILES string of the molecule is Cc1cc(C)c(C)c(O[C@@H](Cc2ccc(Cl)cc2)C(=O)O)c1. The first-order valence-electron chi connectivity index (χ1n) is 7.08. The highest BCUT2D eigenvalue weighted by molar-refractivity contribution is 6.30. The molecule has 0 aromatic heterocycles. The van der Waals surface area contributed by atoms with Gasteiger partial charge in [-0.05, 0) is 61.2 Å². The fourth-order valence-corrected chi connectivity index (χ4v) is 2.42. The van der Waals surface area contributed by atoms with Crippen LogP contribution in [-0.4, -0.2) is 17.2 Å². The van der Waals surface area contributed by atoms with E-state index in [1.54, 1.807) is 12.1 Å². The van der Waals surface area contributed by atoms with Crippen LogP contribution in [0.25, 0.3) is 0 Å². The number of rotatable bonds is 5. The second kappa shape index (κ2) is 6.84. The summed E-state index contributed by atoms with van der Waals surface area (Å²) >= 11 is 5.85. The Bertz CT molecular complexity index is 677. The zero-order valence-corrected chi connectivity index (χ0v) is 13.6. The van der Waals surface area contributed by atoms with Gasteiger partial charge < -0.3 is 9.84 Å². The van der Waals surface area contributed by atoms with Crippen molar-refractivity contribution in [3.63, 3.8) is 0 Å². The summed E-state index contributed by atoms with van der Waals surface area (Å²) in [6.07, 6.45) is -0.639. The number of carboxylic acids is 1. The predicted molar refractivity (Wildman–Crippen MR) is 87.9 cm³/mol. The van der Waals surface area contributed by atoms with Crippen LogP contribution < -0.4 is 4.74 Å². The standard InChI is InChI=1S/C18H19ClO3/c1-11-8-12(2)13(3)16(9-11)22-17(18(20)21)10-14-4-6-15(19)7-5-14/h4-9,17H,10H2,1-3H3,(H,20,21)/t17-/m0/s1. The molecule has 116 valence electrons.